The van der Waals surface area contributed by atoms with Crippen LogP contribution in [0.5, 0.6) is 0 Å². The molecule has 0 heterocycles. The fourth-order valence-corrected chi connectivity index (χ4v) is 3.87. The maximum absolute atomic E-state index is 12.7. The summed E-state index contributed by atoms with van der Waals surface area (Å²) in [5, 5.41) is 18.7. The van der Waals surface area contributed by atoms with Crippen molar-refractivity contribution in [3.8, 4) is 0 Å². The van der Waals surface area contributed by atoms with Gasteiger partial charge in [0.05, 0.1) is 15.9 Å². The molecule has 3 N–H and O–H groups in total. The quantitative estimate of drug-likeness (QED) is 0.381. The second-order valence-corrected chi connectivity index (χ2v) is 8.68. The van der Waals surface area contributed by atoms with Gasteiger partial charge < -0.3 is 16.0 Å². The predicted octanol–water partition coefficient (Wildman–Crippen LogP) is 4.20. The smallest absolute Gasteiger partial charge is 0.293 e. The third-order valence-corrected chi connectivity index (χ3v) is 5.90. The van der Waals surface area contributed by atoms with E-state index >= 15 is 0 Å². The zero-order valence-electron chi connectivity index (χ0n) is 18.3. The SMILES string of the molecule is CC(=O)Nc1ccc(NC(=O)C(SCC(=O)Nc2ccc(C)cc2[N+](=O)[O-])C(C)C)cc1. The van der Waals surface area contributed by atoms with E-state index in [1.807, 2.05) is 13.8 Å². The minimum Gasteiger partial charge on any atom is -0.326 e. The Morgan fingerprint density at radius 1 is 1.00 bits per heavy atom. The van der Waals surface area contributed by atoms with Gasteiger partial charge in [0.2, 0.25) is 17.7 Å². The Morgan fingerprint density at radius 2 is 1.59 bits per heavy atom. The fraction of sp³-hybridized carbons (Fsp3) is 0.318. The first kappa shape index (κ1) is 24.9. The number of thioether (sulfide) groups is 1. The first-order valence-corrected chi connectivity index (χ1v) is 11.0. The largest absolute Gasteiger partial charge is 0.326 e. The molecule has 0 aliphatic rings. The number of rotatable bonds is 9. The lowest BCUT2D eigenvalue weighted by Gasteiger charge is -2.20. The second kappa shape index (κ2) is 11.3. The van der Waals surface area contributed by atoms with Crippen molar-refractivity contribution >= 4 is 52.2 Å². The molecule has 0 aliphatic carbocycles. The maximum atomic E-state index is 12.7. The molecular formula is C22H26N4O5S. The first-order valence-electron chi connectivity index (χ1n) is 9.92. The van der Waals surface area contributed by atoms with Crippen molar-refractivity contribution in [3.63, 3.8) is 0 Å². The van der Waals surface area contributed by atoms with Gasteiger partial charge in [-0.05, 0) is 48.7 Å². The van der Waals surface area contributed by atoms with Gasteiger partial charge in [-0.3, -0.25) is 24.5 Å². The van der Waals surface area contributed by atoms with E-state index in [9.17, 15) is 24.5 Å². The monoisotopic (exact) mass is 458 g/mol. The molecular weight excluding hydrogens is 432 g/mol. The number of nitro benzene ring substituents is 1. The number of benzene rings is 2. The molecule has 170 valence electrons. The first-order chi connectivity index (χ1) is 15.1. The number of carbonyl (C=O) groups excluding carboxylic acids is 3. The molecule has 0 aliphatic heterocycles. The number of aryl methyl sites for hydroxylation is 1. The molecule has 10 heteroatoms. The van der Waals surface area contributed by atoms with E-state index in [1.165, 1.54) is 19.1 Å². The average molecular weight is 459 g/mol. The average Bonchev–Trinajstić information content (AvgIpc) is 2.70. The molecule has 0 spiro atoms. The number of nitrogens with zero attached hydrogens (tertiary/aromatic N) is 1. The van der Waals surface area contributed by atoms with Crippen molar-refractivity contribution in [1.29, 1.82) is 0 Å². The Bertz CT molecular complexity index is 1010. The number of amides is 3. The summed E-state index contributed by atoms with van der Waals surface area (Å²) in [7, 11) is 0. The van der Waals surface area contributed by atoms with Crippen LogP contribution in [0.2, 0.25) is 0 Å². The lowest BCUT2D eigenvalue weighted by Crippen LogP contribution is -2.31. The molecule has 0 fully saturated rings. The molecule has 2 aromatic carbocycles. The van der Waals surface area contributed by atoms with Gasteiger partial charge in [-0.1, -0.05) is 19.9 Å². The third-order valence-electron chi connectivity index (χ3n) is 4.35. The van der Waals surface area contributed by atoms with Crippen LogP contribution >= 0.6 is 11.8 Å². The number of carbonyl (C=O) groups is 3. The van der Waals surface area contributed by atoms with Crippen LogP contribution in [0.3, 0.4) is 0 Å². The molecule has 0 saturated carbocycles. The molecule has 0 radical (unpaired) electrons. The number of nitro groups is 1. The van der Waals surface area contributed by atoms with Gasteiger partial charge in [0, 0.05) is 24.4 Å². The van der Waals surface area contributed by atoms with Crippen LogP contribution in [-0.4, -0.2) is 33.6 Å². The van der Waals surface area contributed by atoms with Crippen molar-refractivity contribution in [2.24, 2.45) is 5.92 Å². The number of anilines is 3. The van der Waals surface area contributed by atoms with E-state index in [2.05, 4.69) is 16.0 Å². The van der Waals surface area contributed by atoms with Crippen LogP contribution in [0.15, 0.2) is 42.5 Å². The minimum atomic E-state index is -0.544. The lowest BCUT2D eigenvalue weighted by atomic mass is 10.1. The van der Waals surface area contributed by atoms with E-state index in [0.29, 0.717) is 16.9 Å². The molecule has 32 heavy (non-hydrogen) atoms. The van der Waals surface area contributed by atoms with Crippen molar-refractivity contribution in [3.05, 3.63) is 58.1 Å². The molecule has 0 bridgehead atoms. The highest BCUT2D eigenvalue weighted by Crippen LogP contribution is 2.27. The standard InChI is InChI=1S/C22H26N4O5S/c1-13(2)21(22(29)24-17-8-6-16(7-9-17)23-15(4)27)32-12-20(28)25-18-10-5-14(3)11-19(18)26(30)31/h5-11,13,21H,12H2,1-4H3,(H,23,27)(H,24,29)(H,25,28). The van der Waals surface area contributed by atoms with E-state index in [0.717, 1.165) is 11.8 Å². The van der Waals surface area contributed by atoms with Crippen LogP contribution in [0, 0.1) is 23.0 Å². The summed E-state index contributed by atoms with van der Waals surface area (Å²) in [6, 6.07) is 11.3. The minimum absolute atomic E-state index is 0.0389. The molecule has 2 aromatic rings. The van der Waals surface area contributed by atoms with E-state index in [4.69, 9.17) is 0 Å². The van der Waals surface area contributed by atoms with Gasteiger partial charge in [0.1, 0.15) is 5.69 Å². The number of hydrogen-bond acceptors (Lipinski definition) is 6. The molecule has 0 aromatic heterocycles. The second-order valence-electron chi connectivity index (χ2n) is 7.55. The number of nitrogens with one attached hydrogen (secondary N) is 3. The van der Waals surface area contributed by atoms with E-state index < -0.39 is 16.1 Å². The van der Waals surface area contributed by atoms with Gasteiger partial charge in [-0.2, -0.15) is 0 Å². The molecule has 3 amide bonds. The Hall–Kier alpha value is -3.40. The molecule has 1 unspecified atom stereocenters. The zero-order valence-corrected chi connectivity index (χ0v) is 19.1. The van der Waals surface area contributed by atoms with Gasteiger partial charge >= 0.3 is 0 Å². The zero-order chi connectivity index (χ0) is 23.8. The molecule has 2 rings (SSSR count). The lowest BCUT2D eigenvalue weighted by molar-refractivity contribution is -0.384. The summed E-state index contributed by atoms with van der Waals surface area (Å²) in [6.45, 7) is 6.89. The highest BCUT2D eigenvalue weighted by Gasteiger charge is 2.25. The predicted molar refractivity (Wildman–Crippen MR) is 127 cm³/mol. The van der Waals surface area contributed by atoms with E-state index in [-0.39, 0.29) is 34.9 Å². The third kappa shape index (κ3) is 7.38. The summed E-state index contributed by atoms with van der Waals surface area (Å²) in [5.74, 6) is -0.970. The van der Waals surface area contributed by atoms with Crippen LogP contribution in [0.1, 0.15) is 26.3 Å². The van der Waals surface area contributed by atoms with Crippen LogP contribution < -0.4 is 16.0 Å². The normalized spacial score (nSPS) is 11.5. The van der Waals surface area contributed by atoms with Crippen LogP contribution in [-0.2, 0) is 14.4 Å². The maximum Gasteiger partial charge on any atom is 0.293 e. The van der Waals surface area contributed by atoms with Gasteiger partial charge in [0.25, 0.3) is 5.69 Å². The van der Waals surface area contributed by atoms with Crippen LogP contribution in [0.25, 0.3) is 0 Å². The summed E-state index contributed by atoms with van der Waals surface area (Å²) in [4.78, 5) is 46.9. The molecule has 9 nitrogen and oxygen atoms in total. The highest BCUT2D eigenvalue weighted by atomic mass is 32.2. The Balaban J connectivity index is 1.98. The summed E-state index contributed by atoms with van der Waals surface area (Å²) >= 11 is 1.16. The summed E-state index contributed by atoms with van der Waals surface area (Å²) < 4.78 is 0. The van der Waals surface area contributed by atoms with E-state index in [1.54, 1.807) is 37.3 Å². The van der Waals surface area contributed by atoms with Gasteiger partial charge in [0.15, 0.2) is 0 Å². The van der Waals surface area contributed by atoms with Crippen molar-refractivity contribution in [2.75, 3.05) is 21.7 Å². The summed E-state index contributed by atoms with van der Waals surface area (Å²) in [5.41, 5.74) is 1.84. The summed E-state index contributed by atoms with van der Waals surface area (Å²) in [6.07, 6.45) is 0. The van der Waals surface area contributed by atoms with Crippen molar-refractivity contribution < 1.29 is 19.3 Å². The van der Waals surface area contributed by atoms with Crippen molar-refractivity contribution in [1.82, 2.24) is 0 Å². The number of hydrogen-bond donors (Lipinski definition) is 3. The molecule has 0 saturated heterocycles. The van der Waals surface area contributed by atoms with Crippen LogP contribution in [0.4, 0.5) is 22.7 Å². The highest BCUT2D eigenvalue weighted by molar-refractivity contribution is 8.01. The Kier molecular flexibility index (Phi) is 8.77. The topological polar surface area (TPSA) is 130 Å². The van der Waals surface area contributed by atoms with Gasteiger partial charge in [-0.25, -0.2) is 0 Å². The fourth-order valence-electron chi connectivity index (χ4n) is 2.87. The van der Waals surface area contributed by atoms with Crippen molar-refractivity contribution in [2.45, 2.75) is 32.9 Å². The Morgan fingerprint density at radius 3 is 2.12 bits per heavy atom. The Labute approximate surface area is 190 Å². The van der Waals surface area contributed by atoms with Gasteiger partial charge in [-0.15, -0.1) is 11.8 Å². The molecule has 1 atom stereocenters.